The van der Waals surface area contributed by atoms with E-state index in [0.717, 1.165) is 78.4 Å². The van der Waals surface area contributed by atoms with Crippen LogP contribution >= 0.6 is 28.7 Å². The SMILES string of the molecule is CC(C)(C)OC(=O)N[C@@H](C(=O)C1CCCN1C(=O)Nc1ccc2c(c1)C=C(c1ccc(NC(=O)[C@@H]3CCCN3C(=O)[C@H](NC(=O)OC(C)(C)C)c3ccccc3)cc1)C2)c1ccccc1.C[C@@H](C(=O)C1CCCN1C(=O)Cc1ccc2[nH]c(-c3ccc(NC(=O)[C@@H]4CCCN4C(=O)[C@H](C)c4ccccc4)cc3)c(Br)c2c1)c1ccccc1.[B]=NS. The minimum absolute atomic E-state index is 0.0285. The molecule has 14 rings (SSSR count). The molecule has 23 nitrogen and oxygen atoms in total. The van der Waals surface area contributed by atoms with Crippen molar-refractivity contribution in [1.82, 2.24) is 35.2 Å². The number of hydrogen-bond donors (Lipinski definition) is 7. The molecule has 9 amide bonds. The monoisotopic (exact) mass is 1700 g/mol. The zero-order valence-corrected chi connectivity index (χ0v) is 71.2. The summed E-state index contributed by atoms with van der Waals surface area (Å²) in [5, 5.41) is 15.4. The third-order valence-corrected chi connectivity index (χ3v) is 23.0. The number of ketones is 2. The van der Waals surface area contributed by atoms with Gasteiger partial charge >= 0.3 is 43.0 Å². The predicted octanol–water partition coefficient (Wildman–Crippen LogP) is 17.2. The van der Waals surface area contributed by atoms with Gasteiger partial charge < -0.3 is 60.6 Å². The van der Waals surface area contributed by atoms with E-state index in [1.807, 2.05) is 172 Å². The minimum atomic E-state index is -1.03. The van der Waals surface area contributed by atoms with Crippen LogP contribution in [0, 0.1) is 0 Å². The topological polar surface area (TPSA) is 290 Å². The molecule has 1 aromatic heterocycles. The molecule has 0 spiro atoms. The molecule has 5 aliphatic rings. The van der Waals surface area contributed by atoms with Gasteiger partial charge in [-0.25, -0.2) is 14.4 Å². The van der Waals surface area contributed by atoms with Crippen LogP contribution in [0.5, 0.6) is 0 Å². The molecular weight excluding hydrogens is 1600 g/mol. The normalized spacial score (nSPS) is 17.7. The number of ether oxygens (including phenoxy) is 2. The van der Waals surface area contributed by atoms with E-state index in [-0.39, 0.29) is 59.4 Å². The number of allylic oxidation sites excluding steroid dienone is 1. The van der Waals surface area contributed by atoms with Gasteiger partial charge in [-0.2, -0.15) is 0 Å². The van der Waals surface area contributed by atoms with Crippen LogP contribution in [0.3, 0.4) is 0 Å². The number of Topliss-reactive ketones (excluding diaryl/α,β-unsaturated/α-hetero) is 2. The Morgan fingerprint density at radius 3 is 1.47 bits per heavy atom. The molecule has 1 aliphatic carbocycles. The zero-order valence-electron chi connectivity index (χ0n) is 68.8. The summed E-state index contributed by atoms with van der Waals surface area (Å²) < 4.78 is 14.5. The second-order valence-electron chi connectivity index (χ2n) is 32.8. The van der Waals surface area contributed by atoms with Gasteiger partial charge in [0.05, 0.1) is 34.6 Å². The number of alkyl carbamates (subject to hydrolysis) is 2. The van der Waals surface area contributed by atoms with E-state index >= 15 is 0 Å². The number of aromatic amines is 1. The first-order valence-electron chi connectivity index (χ1n) is 40.8. The molecule has 2 unspecified atom stereocenters. The Bertz CT molecular complexity index is 5260. The summed E-state index contributed by atoms with van der Waals surface area (Å²) in [5.74, 6) is -1.71. The molecule has 0 bridgehead atoms. The number of aromatic nitrogens is 1. The molecule has 4 saturated heterocycles. The Hall–Kier alpha value is -11.8. The zero-order chi connectivity index (χ0) is 85.5. The Kier molecular flexibility index (Phi) is 28.8. The first kappa shape index (κ1) is 87.5. The Morgan fingerprint density at radius 2 is 0.942 bits per heavy atom. The van der Waals surface area contributed by atoms with Crippen LogP contribution in [0.4, 0.5) is 31.4 Å². The van der Waals surface area contributed by atoms with Crippen LogP contribution in [-0.4, -0.2) is 153 Å². The second-order valence-corrected chi connectivity index (χ2v) is 33.9. The van der Waals surface area contributed by atoms with Crippen LogP contribution in [0.25, 0.3) is 33.8 Å². The van der Waals surface area contributed by atoms with E-state index in [1.165, 1.54) is 9.80 Å². The molecular formula is C94H102BBrN11O12S. The predicted molar refractivity (Wildman–Crippen MR) is 474 cm³/mol. The number of thiol groups is 1. The number of halogens is 1. The molecule has 120 heavy (non-hydrogen) atoms. The summed E-state index contributed by atoms with van der Waals surface area (Å²) in [4.78, 5) is 145. The van der Waals surface area contributed by atoms with Gasteiger partial charge in [0.25, 0.3) is 5.91 Å². The Labute approximate surface area is 715 Å². The molecule has 0 saturated carbocycles. The van der Waals surface area contributed by atoms with Crippen molar-refractivity contribution in [3.8, 4) is 11.3 Å². The van der Waals surface area contributed by atoms with E-state index in [1.54, 1.807) is 99.9 Å². The average molecular weight is 1700 g/mol. The van der Waals surface area contributed by atoms with Gasteiger partial charge in [0.2, 0.25) is 23.6 Å². The number of H-pyrrole nitrogens is 1. The quantitative estimate of drug-likeness (QED) is 0.0261. The maximum absolute atomic E-state index is 14.1. The van der Waals surface area contributed by atoms with E-state index < -0.39 is 65.7 Å². The summed E-state index contributed by atoms with van der Waals surface area (Å²) in [6, 6.07) is 59.4. The van der Waals surface area contributed by atoms with Crippen LogP contribution in [0.1, 0.15) is 175 Å². The van der Waals surface area contributed by atoms with Crippen molar-refractivity contribution < 1.29 is 57.4 Å². The van der Waals surface area contributed by atoms with Gasteiger partial charge in [-0.15, -0.1) is 0 Å². The van der Waals surface area contributed by atoms with E-state index in [4.69, 9.17) is 9.47 Å². The molecule has 5 heterocycles. The molecule has 8 atom stereocenters. The Morgan fingerprint density at radius 1 is 0.500 bits per heavy atom. The third-order valence-electron chi connectivity index (χ3n) is 22.2. The molecule has 4 fully saturated rings. The number of benzene rings is 8. The van der Waals surface area contributed by atoms with Crippen LogP contribution in [-0.2, 0) is 55.9 Å². The summed E-state index contributed by atoms with van der Waals surface area (Å²) in [6.45, 7) is 16.3. The standard InChI is InChI=1S/C51H58N6O8.C43H43BrN4O4.BHNS/c1-50(2,3)64-48(62)54-42(33-15-9-7-10-16-33)44(58)40-19-13-28-57(40)47(61)53-39-26-23-35-29-36(30-37(35)31-39)32-21-24-38(25-22-32)52-45(59)41-20-14-27-56(41)46(60)43(34-17-11-8-12-18-34)55-49(63)65-51(4,5)6;1-27(30-11-5-3-6-12-30)41(50)36-15-9-23-47(36)38(49)26-29-17-22-35-34(25-29)39(44)40(46-35)32-18-20-33(21-19-32)45-42(51)37-16-10-24-48(37)43(52)28(2)31-13-7-4-8-14-31;1-2-3/h7-12,15-18,21-26,30-31,40-43H,13-14,19-20,27-29H2,1-6H3,(H,52,59)(H,53,61)(H,54,62)(H,55,63);3-8,11-14,17-22,25,27-28,36-37,46H,9-10,15-16,23-24,26H2,1-2H3,(H,45,51);3H/t40?,41-,42+,43+;27-,28-,36?,37+;/m01./s1. The molecule has 26 heteroatoms. The number of likely N-dealkylation sites (tertiary alicyclic amines) is 4. The number of urea groups is 1. The van der Waals surface area contributed by atoms with E-state index in [9.17, 15) is 47.9 Å². The summed E-state index contributed by atoms with van der Waals surface area (Å²) >= 11 is 6.99. The van der Waals surface area contributed by atoms with Gasteiger partial charge in [0.1, 0.15) is 35.4 Å². The number of carbonyl (C=O) groups is 10. The van der Waals surface area contributed by atoms with Crippen molar-refractivity contribution in [2.45, 2.75) is 179 Å². The molecule has 8 aromatic carbocycles. The molecule has 621 valence electrons. The van der Waals surface area contributed by atoms with Crippen molar-refractivity contribution in [2.75, 3.05) is 42.1 Å². The summed E-state index contributed by atoms with van der Waals surface area (Å²) in [5.41, 5.74) is 11.1. The van der Waals surface area contributed by atoms with Crippen LogP contribution < -0.4 is 26.6 Å². The van der Waals surface area contributed by atoms with Crippen molar-refractivity contribution >= 4 is 135 Å². The number of fused-ring (bicyclic) bond motifs is 2. The fourth-order valence-electron chi connectivity index (χ4n) is 16.2. The molecule has 6 N–H and O–H groups in total. The van der Waals surface area contributed by atoms with Gasteiger partial charge in [0.15, 0.2) is 11.6 Å². The van der Waals surface area contributed by atoms with Gasteiger partial charge in [-0.1, -0.05) is 171 Å². The number of rotatable bonds is 21. The first-order valence-corrected chi connectivity index (χ1v) is 42.0. The van der Waals surface area contributed by atoms with Gasteiger partial charge in [-0.3, -0.25) is 33.6 Å². The fraction of sp³-hybridized carbons (Fsp3) is 0.340. The number of nitrogens with zero attached hydrogens (tertiary/aromatic N) is 5. The average Bonchev–Trinajstić information content (AvgIpc) is 1.63. The van der Waals surface area contributed by atoms with Crippen molar-refractivity contribution in [3.05, 3.63) is 255 Å². The molecule has 1 radical (unpaired) electrons. The van der Waals surface area contributed by atoms with Crippen molar-refractivity contribution in [2.24, 2.45) is 4.30 Å². The van der Waals surface area contributed by atoms with Gasteiger partial charge in [0, 0.05) is 60.1 Å². The number of hydrogen-bond acceptors (Lipinski definition) is 14. The number of amides is 9. The third kappa shape index (κ3) is 21.8. The number of carbonyl (C=O) groups excluding carboxylic acids is 10. The number of nitrogens with one attached hydrogen (secondary N) is 6. The van der Waals surface area contributed by atoms with E-state index in [0.29, 0.717) is 99.3 Å². The second kappa shape index (κ2) is 39.4. The van der Waals surface area contributed by atoms with Crippen LogP contribution in [0.15, 0.2) is 215 Å². The Balaban J connectivity index is 0.000000218. The van der Waals surface area contributed by atoms with Crippen molar-refractivity contribution in [1.29, 1.82) is 0 Å². The van der Waals surface area contributed by atoms with Crippen molar-refractivity contribution in [3.63, 3.8) is 0 Å². The molecule has 9 aromatic rings. The van der Waals surface area contributed by atoms with Crippen LogP contribution in [0.2, 0.25) is 0 Å². The van der Waals surface area contributed by atoms with E-state index in [2.05, 4.69) is 78.3 Å². The fourth-order valence-corrected chi connectivity index (χ4v) is 16.9. The molecule has 4 aliphatic heterocycles. The first-order chi connectivity index (χ1) is 57.5. The van der Waals surface area contributed by atoms with Gasteiger partial charge in [-0.05, 0) is 226 Å². The number of anilines is 3. The maximum atomic E-state index is 14.1. The summed E-state index contributed by atoms with van der Waals surface area (Å²) in [7, 11) is 4.34. The summed E-state index contributed by atoms with van der Waals surface area (Å²) in [6.07, 6.45) is 6.70.